The number of hydrogen-bond acceptors (Lipinski definition) is 3. The maximum Gasteiger partial charge on any atom is 0.259 e. The van der Waals surface area contributed by atoms with Gasteiger partial charge in [-0.05, 0) is 43.2 Å². The van der Waals surface area contributed by atoms with Crippen LogP contribution in [0.15, 0.2) is 42.5 Å². The fourth-order valence-electron chi connectivity index (χ4n) is 2.12. The van der Waals surface area contributed by atoms with Crippen molar-refractivity contribution >= 4 is 17.5 Å². The summed E-state index contributed by atoms with van der Waals surface area (Å²) in [4.78, 5) is 25.7. The van der Waals surface area contributed by atoms with Crippen LogP contribution in [0.25, 0.3) is 0 Å². The van der Waals surface area contributed by atoms with Crippen molar-refractivity contribution in [2.75, 3.05) is 26.0 Å². The van der Waals surface area contributed by atoms with E-state index >= 15 is 0 Å². The van der Waals surface area contributed by atoms with Gasteiger partial charge >= 0.3 is 0 Å². The van der Waals surface area contributed by atoms with Crippen molar-refractivity contribution in [3.05, 3.63) is 59.2 Å². The number of nitrogens with one attached hydrogen (secondary N) is 1. The second-order valence-electron chi connectivity index (χ2n) is 5.77. The Kier molecular flexibility index (Phi) is 5.58. The number of benzene rings is 2. The molecule has 2 rings (SSSR count). The number of ether oxygens (including phenoxy) is 1. The fraction of sp³-hybridized carbons (Fsp3) is 0.263. The van der Waals surface area contributed by atoms with E-state index in [0.717, 1.165) is 16.8 Å². The van der Waals surface area contributed by atoms with E-state index in [0.29, 0.717) is 11.3 Å². The van der Waals surface area contributed by atoms with Crippen molar-refractivity contribution in [1.82, 2.24) is 4.90 Å². The molecule has 5 heteroatoms. The van der Waals surface area contributed by atoms with Crippen LogP contribution in [0.3, 0.4) is 0 Å². The molecule has 0 aliphatic carbocycles. The van der Waals surface area contributed by atoms with Crippen molar-refractivity contribution in [3.8, 4) is 5.75 Å². The molecule has 0 saturated heterocycles. The lowest BCUT2D eigenvalue weighted by Gasteiger charge is -2.15. The van der Waals surface area contributed by atoms with Crippen molar-refractivity contribution in [2.45, 2.75) is 13.8 Å². The number of amides is 2. The maximum absolute atomic E-state index is 12.6. The molecule has 0 radical (unpaired) electrons. The number of likely N-dealkylation sites (N-methyl/N-ethyl adjacent to an activating group) is 1. The number of nitrogens with zero attached hydrogens (tertiary/aromatic N) is 1. The van der Waals surface area contributed by atoms with E-state index in [1.54, 1.807) is 38.4 Å². The summed E-state index contributed by atoms with van der Waals surface area (Å²) in [5.74, 6) is -0.0492. The molecule has 0 unspecified atom stereocenters. The summed E-state index contributed by atoms with van der Waals surface area (Å²) in [7, 11) is 3.32. The van der Waals surface area contributed by atoms with E-state index in [4.69, 9.17) is 4.74 Å². The van der Waals surface area contributed by atoms with Gasteiger partial charge in [0.05, 0.1) is 5.56 Å². The average Bonchev–Trinajstić information content (AvgIpc) is 2.56. The molecule has 0 fully saturated rings. The first-order valence-corrected chi connectivity index (χ1v) is 7.69. The SMILES string of the molecule is Cc1cccc(NC(=O)c2ccccc2OCC(=O)N(C)C)c1C. The largest absolute Gasteiger partial charge is 0.483 e. The Hall–Kier alpha value is -2.82. The molecule has 0 aromatic heterocycles. The normalized spacial score (nSPS) is 10.2. The molecule has 2 aromatic rings. The summed E-state index contributed by atoms with van der Waals surface area (Å²) in [6.45, 7) is 3.85. The first kappa shape index (κ1) is 17.5. The third-order valence-electron chi connectivity index (χ3n) is 3.83. The van der Waals surface area contributed by atoms with Crippen LogP contribution in [0, 0.1) is 13.8 Å². The van der Waals surface area contributed by atoms with Crippen LogP contribution in [0.5, 0.6) is 5.75 Å². The highest BCUT2D eigenvalue weighted by Gasteiger charge is 2.15. The highest BCUT2D eigenvalue weighted by molar-refractivity contribution is 6.06. The van der Waals surface area contributed by atoms with Gasteiger partial charge in [0.2, 0.25) is 0 Å². The van der Waals surface area contributed by atoms with Gasteiger partial charge in [-0.3, -0.25) is 9.59 Å². The highest BCUT2D eigenvalue weighted by atomic mass is 16.5. The van der Waals surface area contributed by atoms with E-state index in [1.165, 1.54) is 4.90 Å². The molecule has 0 bridgehead atoms. The number of carbonyl (C=O) groups is 2. The molecular weight excluding hydrogens is 304 g/mol. The molecule has 0 aliphatic heterocycles. The molecule has 0 atom stereocenters. The number of para-hydroxylation sites is 1. The van der Waals surface area contributed by atoms with Gasteiger partial charge in [0.1, 0.15) is 5.75 Å². The molecule has 126 valence electrons. The first-order chi connectivity index (χ1) is 11.4. The first-order valence-electron chi connectivity index (χ1n) is 7.69. The summed E-state index contributed by atoms with van der Waals surface area (Å²) in [5, 5.41) is 2.90. The Morgan fingerprint density at radius 3 is 2.46 bits per heavy atom. The van der Waals surface area contributed by atoms with Gasteiger partial charge in [0.25, 0.3) is 11.8 Å². The van der Waals surface area contributed by atoms with Crippen LogP contribution >= 0.6 is 0 Å². The van der Waals surface area contributed by atoms with Crippen molar-refractivity contribution in [1.29, 1.82) is 0 Å². The fourth-order valence-corrected chi connectivity index (χ4v) is 2.12. The monoisotopic (exact) mass is 326 g/mol. The van der Waals surface area contributed by atoms with Crippen molar-refractivity contribution in [3.63, 3.8) is 0 Å². The Labute approximate surface area is 142 Å². The minimum absolute atomic E-state index is 0.110. The van der Waals surface area contributed by atoms with Crippen LogP contribution < -0.4 is 10.1 Å². The lowest BCUT2D eigenvalue weighted by molar-refractivity contribution is -0.130. The lowest BCUT2D eigenvalue weighted by atomic mass is 10.1. The molecule has 5 nitrogen and oxygen atoms in total. The number of rotatable bonds is 5. The second-order valence-corrected chi connectivity index (χ2v) is 5.77. The molecular formula is C19H22N2O3. The topological polar surface area (TPSA) is 58.6 Å². The minimum Gasteiger partial charge on any atom is -0.483 e. The quantitative estimate of drug-likeness (QED) is 0.919. The standard InChI is InChI=1S/C19H22N2O3/c1-13-8-7-10-16(14(13)2)20-19(23)15-9-5-6-11-17(15)24-12-18(22)21(3)4/h5-11H,12H2,1-4H3,(H,20,23). The number of carbonyl (C=O) groups excluding carboxylic acids is 2. The molecule has 2 aromatic carbocycles. The smallest absolute Gasteiger partial charge is 0.259 e. The molecule has 0 saturated carbocycles. The third-order valence-corrected chi connectivity index (χ3v) is 3.83. The predicted octanol–water partition coefficient (Wildman–Crippen LogP) is 3.02. The van der Waals surface area contributed by atoms with Gasteiger partial charge in [0.15, 0.2) is 6.61 Å². The maximum atomic E-state index is 12.6. The molecule has 0 aliphatic rings. The second kappa shape index (κ2) is 7.64. The Morgan fingerprint density at radius 1 is 1.04 bits per heavy atom. The van der Waals surface area contributed by atoms with E-state index in [9.17, 15) is 9.59 Å². The van der Waals surface area contributed by atoms with Gasteiger partial charge in [-0.15, -0.1) is 0 Å². The molecule has 0 spiro atoms. The number of hydrogen-bond donors (Lipinski definition) is 1. The van der Waals surface area contributed by atoms with Crippen molar-refractivity contribution in [2.24, 2.45) is 0 Å². The molecule has 24 heavy (non-hydrogen) atoms. The predicted molar refractivity (Wildman–Crippen MR) is 94.5 cm³/mol. The van der Waals surface area contributed by atoms with Gasteiger partial charge in [-0.25, -0.2) is 0 Å². The van der Waals surface area contributed by atoms with Gasteiger partial charge < -0.3 is 15.0 Å². The van der Waals surface area contributed by atoms with Crippen LogP contribution in [0.4, 0.5) is 5.69 Å². The van der Waals surface area contributed by atoms with E-state index < -0.39 is 0 Å². The summed E-state index contributed by atoms with van der Waals surface area (Å²) in [5.41, 5.74) is 3.28. The Morgan fingerprint density at radius 2 is 1.75 bits per heavy atom. The zero-order valence-corrected chi connectivity index (χ0v) is 14.4. The lowest BCUT2D eigenvalue weighted by Crippen LogP contribution is -2.28. The van der Waals surface area contributed by atoms with Crippen molar-refractivity contribution < 1.29 is 14.3 Å². The van der Waals surface area contributed by atoms with Crippen LogP contribution in [0.2, 0.25) is 0 Å². The van der Waals surface area contributed by atoms with Crippen LogP contribution in [-0.2, 0) is 4.79 Å². The summed E-state index contributed by atoms with van der Waals surface area (Å²) in [6, 6.07) is 12.6. The van der Waals surface area contributed by atoms with Crippen LogP contribution in [0.1, 0.15) is 21.5 Å². The average molecular weight is 326 g/mol. The van der Waals surface area contributed by atoms with E-state index in [-0.39, 0.29) is 18.4 Å². The Bertz CT molecular complexity index is 754. The van der Waals surface area contributed by atoms with E-state index in [2.05, 4.69) is 5.32 Å². The number of aryl methyl sites for hydroxylation is 1. The van der Waals surface area contributed by atoms with Gasteiger partial charge in [0, 0.05) is 19.8 Å². The van der Waals surface area contributed by atoms with Gasteiger partial charge in [-0.1, -0.05) is 24.3 Å². The minimum atomic E-state index is -0.267. The molecule has 0 heterocycles. The zero-order chi connectivity index (χ0) is 17.7. The summed E-state index contributed by atoms with van der Waals surface area (Å²) < 4.78 is 5.52. The molecule has 1 N–H and O–H groups in total. The third kappa shape index (κ3) is 4.13. The summed E-state index contributed by atoms with van der Waals surface area (Å²) >= 11 is 0. The Balaban J connectivity index is 2.18. The van der Waals surface area contributed by atoms with Crippen LogP contribution in [-0.4, -0.2) is 37.4 Å². The van der Waals surface area contributed by atoms with Gasteiger partial charge in [-0.2, -0.15) is 0 Å². The van der Waals surface area contributed by atoms with E-state index in [1.807, 2.05) is 32.0 Å². The highest BCUT2D eigenvalue weighted by Crippen LogP contribution is 2.22. The number of anilines is 1. The molecule has 2 amide bonds. The summed E-state index contributed by atoms with van der Waals surface area (Å²) in [6.07, 6.45) is 0. The zero-order valence-electron chi connectivity index (χ0n) is 14.4.